The number of hydrogen-bond acceptors (Lipinski definition) is 3. The van der Waals surface area contributed by atoms with E-state index in [2.05, 4.69) is 35.5 Å². The fraction of sp³-hybridized carbons (Fsp3) is 0.375. The van der Waals surface area contributed by atoms with E-state index in [0.29, 0.717) is 12.0 Å². The average molecular weight is 420 g/mol. The zero-order chi connectivity index (χ0) is 21.4. The van der Waals surface area contributed by atoms with Crippen molar-refractivity contribution in [2.75, 3.05) is 0 Å². The molecule has 1 atom stereocenters. The van der Waals surface area contributed by atoms with E-state index in [0.717, 1.165) is 42.8 Å². The predicted molar refractivity (Wildman–Crippen MR) is 112 cm³/mol. The lowest BCUT2D eigenvalue weighted by atomic mass is 9.34. The fourth-order valence-corrected chi connectivity index (χ4v) is 5.91. The van der Waals surface area contributed by atoms with Crippen molar-refractivity contribution in [3.8, 4) is 0 Å². The highest BCUT2D eigenvalue weighted by atomic mass is 19.1. The second-order valence-corrected chi connectivity index (χ2v) is 9.60. The van der Waals surface area contributed by atoms with Crippen LogP contribution in [0, 0.1) is 29.4 Å². The molecule has 2 aromatic carbocycles. The van der Waals surface area contributed by atoms with Gasteiger partial charge in [-0.05, 0) is 61.4 Å². The van der Waals surface area contributed by atoms with Crippen molar-refractivity contribution >= 4 is 23.0 Å². The van der Waals surface area contributed by atoms with Gasteiger partial charge in [0, 0.05) is 36.8 Å². The minimum Gasteiger partial charge on any atom is -0.272 e. The first kappa shape index (κ1) is 18.7. The van der Waals surface area contributed by atoms with Gasteiger partial charge in [-0.15, -0.1) is 0 Å². The summed E-state index contributed by atoms with van der Waals surface area (Å²) in [4.78, 5) is 13.3. The van der Waals surface area contributed by atoms with E-state index in [1.54, 1.807) is 6.21 Å². The predicted octanol–water partition coefficient (Wildman–Crippen LogP) is 4.75. The lowest BCUT2D eigenvalue weighted by Crippen LogP contribution is -2.68. The molecule has 0 spiro atoms. The standard InChI is InChI=1S/C24H22F2N4O/c1-15-2-3-20-17(6-15)10-29(28-20)14-23-11-24(12-23,13-23)22(31)30-21(4-5-27-30)16-7-18(25)9-19(26)8-16/h2-3,5-10,21H,4,11-14H2,1H3. The molecule has 4 aliphatic rings. The fourth-order valence-electron chi connectivity index (χ4n) is 5.91. The summed E-state index contributed by atoms with van der Waals surface area (Å²) in [5.41, 5.74) is 2.36. The molecule has 2 heterocycles. The van der Waals surface area contributed by atoms with Gasteiger partial charge in [0.25, 0.3) is 0 Å². The Morgan fingerprint density at radius 3 is 2.61 bits per heavy atom. The summed E-state index contributed by atoms with van der Waals surface area (Å²) in [6.07, 6.45) is 6.63. The number of aromatic nitrogens is 2. The maximum atomic E-state index is 13.7. The molecule has 3 fully saturated rings. The zero-order valence-corrected chi connectivity index (χ0v) is 17.2. The number of rotatable bonds is 4. The summed E-state index contributed by atoms with van der Waals surface area (Å²) in [7, 11) is 0. The van der Waals surface area contributed by atoms with E-state index in [1.807, 2.05) is 10.7 Å². The van der Waals surface area contributed by atoms with Crippen LogP contribution in [-0.2, 0) is 11.3 Å². The summed E-state index contributed by atoms with van der Waals surface area (Å²) in [5.74, 6) is -1.31. The van der Waals surface area contributed by atoms with Gasteiger partial charge in [0.1, 0.15) is 11.6 Å². The van der Waals surface area contributed by atoms with E-state index in [-0.39, 0.29) is 11.3 Å². The summed E-state index contributed by atoms with van der Waals surface area (Å²) < 4.78 is 29.4. The van der Waals surface area contributed by atoms with E-state index in [1.165, 1.54) is 22.7 Å². The number of nitrogens with zero attached hydrogens (tertiary/aromatic N) is 4. The number of carbonyl (C=O) groups is 1. The van der Waals surface area contributed by atoms with Gasteiger partial charge in [0.15, 0.2) is 0 Å². The highest BCUT2D eigenvalue weighted by Crippen LogP contribution is 2.74. The van der Waals surface area contributed by atoms with Crippen molar-refractivity contribution in [3.05, 3.63) is 65.4 Å². The Hall–Kier alpha value is -3.09. The highest BCUT2D eigenvalue weighted by molar-refractivity contribution is 5.88. The molecule has 2 bridgehead atoms. The van der Waals surface area contributed by atoms with Gasteiger partial charge in [-0.1, -0.05) is 11.6 Å². The van der Waals surface area contributed by atoms with E-state index >= 15 is 0 Å². The molecule has 5 nitrogen and oxygen atoms in total. The molecule has 0 radical (unpaired) electrons. The summed E-state index contributed by atoms with van der Waals surface area (Å²) in [6, 6.07) is 9.21. The molecule has 1 aromatic heterocycles. The smallest absolute Gasteiger partial charge is 0.249 e. The largest absolute Gasteiger partial charge is 0.272 e. The van der Waals surface area contributed by atoms with Crippen LogP contribution < -0.4 is 0 Å². The number of hydrogen-bond donors (Lipinski definition) is 0. The summed E-state index contributed by atoms with van der Waals surface area (Å²) >= 11 is 0. The van der Waals surface area contributed by atoms with Gasteiger partial charge in [-0.3, -0.25) is 9.48 Å². The number of fused-ring (bicyclic) bond motifs is 1. The number of benzene rings is 2. The van der Waals surface area contributed by atoms with Crippen molar-refractivity contribution < 1.29 is 13.6 Å². The Bertz CT molecular complexity index is 1220. The van der Waals surface area contributed by atoms with Crippen LogP contribution in [0.1, 0.15) is 42.9 Å². The number of carbonyl (C=O) groups excluding carboxylic acids is 1. The minimum atomic E-state index is -0.638. The Balaban J connectivity index is 1.17. The van der Waals surface area contributed by atoms with Crippen LogP contribution in [-0.4, -0.2) is 26.9 Å². The molecule has 7 heteroatoms. The van der Waals surface area contributed by atoms with Crippen LogP contribution in [0.4, 0.5) is 8.78 Å². The molecule has 3 aliphatic carbocycles. The molecule has 0 saturated heterocycles. The third-order valence-corrected chi connectivity index (χ3v) is 7.11. The second kappa shape index (κ2) is 6.22. The number of aryl methyl sites for hydroxylation is 1. The molecular formula is C24H22F2N4O. The van der Waals surface area contributed by atoms with Crippen LogP contribution in [0.2, 0.25) is 0 Å². The van der Waals surface area contributed by atoms with Gasteiger partial charge in [-0.2, -0.15) is 10.2 Å². The minimum absolute atomic E-state index is 0.0287. The third-order valence-electron chi connectivity index (χ3n) is 7.11. The first-order valence-corrected chi connectivity index (χ1v) is 10.6. The van der Waals surface area contributed by atoms with Crippen molar-refractivity contribution in [2.45, 2.75) is 45.2 Å². The normalized spacial score (nSPS) is 28.6. The van der Waals surface area contributed by atoms with Crippen LogP contribution in [0.3, 0.4) is 0 Å². The molecule has 3 aromatic rings. The lowest BCUT2D eigenvalue weighted by molar-refractivity contribution is -0.223. The number of hydrazone groups is 1. The van der Waals surface area contributed by atoms with E-state index in [4.69, 9.17) is 0 Å². The van der Waals surface area contributed by atoms with Crippen LogP contribution in [0.15, 0.2) is 47.7 Å². The molecule has 1 amide bonds. The van der Waals surface area contributed by atoms with Crippen molar-refractivity contribution in [2.24, 2.45) is 15.9 Å². The van der Waals surface area contributed by atoms with Gasteiger partial charge in [-0.25, -0.2) is 13.8 Å². The Morgan fingerprint density at radius 2 is 1.87 bits per heavy atom. The maximum absolute atomic E-state index is 13.7. The zero-order valence-electron chi connectivity index (χ0n) is 17.2. The molecule has 7 rings (SSSR count). The second-order valence-electron chi connectivity index (χ2n) is 9.60. The number of halogens is 2. The highest BCUT2D eigenvalue weighted by Gasteiger charge is 2.72. The molecule has 1 aliphatic heterocycles. The Kier molecular flexibility index (Phi) is 3.74. The first-order valence-electron chi connectivity index (χ1n) is 10.6. The van der Waals surface area contributed by atoms with Gasteiger partial charge in [0.05, 0.1) is 17.0 Å². The molecule has 0 N–H and O–H groups in total. The maximum Gasteiger partial charge on any atom is 0.249 e. The van der Waals surface area contributed by atoms with Gasteiger partial charge < -0.3 is 0 Å². The van der Waals surface area contributed by atoms with Crippen molar-refractivity contribution in [1.82, 2.24) is 14.8 Å². The van der Waals surface area contributed by atoms with Crippen molar-refractivity contribution in [3.63, 3.8) is 0 Å². The molecule has 158 valence electrons. The van der Waals surface area contributed by atoms with Crippen LogP contribution >= 0.6 is 0 Å². The van der Waals surface area contributed by atoms with Crippen LogP contribution in [0.25, 0.3) is 10.9 Å². The molecule has 31 heavy (non-hydrogen) atoms. The topological polar surface area (TPSA) is 50.5 Å². The monoisotopic (exact) mass is 420 g/mol. The molecular weight excluding hydrogens is 398 g/mol. The third kappa shape index (κ3) is 2.82. The lowest BCUT2D eigenvalue weighted by Gasteiger charge is -2.69. The first-order chi connectivity index (χ1) is 14.8. The summed E-state index contributed by atoms with van der Waals surface area (Å²) in [5, 5.41) is 11.5. The molecule has 1 unspecified atom stereocenters. The Labute approximate surface area is 178 Å². The average Bonchev–Trinajstić information content (AvgIpc) is 3.28. The quantitative estimate of drug-likeness (QED) is 0.612. The number of amides is 1. The van der Waals surface area contributed by atoms with E-state index < -0.39 is 23.1 Å². The SMILES string of the molecule is Cc1ccc2nn(CC34CC(C(=O)N5N=CCC5c5cc(F)cc(F)c5)(C3)C4)cc2c1. The van der Waals surface area contributed by atoms with Crippen LogP contribution in [0.5, 0.6) is 0 Å². The Morgan fingerprint density at radius 1 is 1.13 bits per heavy atom. The molecule has 3 saturated carbocycles. The van der Waals surface area contributed by atoms with Gasteiger partial charge in [0.2, 0.25) is 5.91 Å². The van der Waals surface area contributed by atoms with E-state index in [9.17, 15) is 13.6 Å². The van der Waals surface area contributed by atoms with Gasteiger partial charge >= 0.3 is 0 Å². The summed E-state index contributed by atoms with van der Waals surface area (Å²) in [6.45, 7) is 2.87. The van der Waals surface area contributed by atoms with Crippen molar-refractivity contribution in [1.29, 1.82) is 0 Å².